The highest BCUT2D eigenvalue weighted by atomic mass is 16.5. The number of Topliss-reactive ketones (excluding diaryl/α,β-unsaturated/α-hetero) is 1. The Balaban J connectivity index is 2.12. The molecule has 0 bridgehead atoms. The van der Waals surface area contributed by atoms with Gasteiger partial charge in [0.05, 0.1) is 11.6 Å². The lowest BCUT2D eigenvalue weighted by atomic mass is 9.92. The Morgan fingerprint density at radius 2 is 1.79 bits per heavy atom. The lowest BCUT2D eigenvalue weighted by Gasteiger charge is -2.26. The zero-order valence-corrected chi connectivity index (χ0v) is 17.1. The van der Waals surface area contributed by atoms with Crippen LogP contribution in [0.1, 0.15) is 41.6 Å². The molecule has 5 heteroatoms. The number of amides is 1. The number of hydrogen-bond donors (Lipinski definition) is 1. The van der Waals surface area contributed by atoms with Crippen molar-refractivity contribution in [1.82, 2.24) is 4.90 Å². The largest absolute Gasteiger partial charge is 0.507 e. The Bertz CT molecular complexity index is 930. The third kappa shape index (κ3) is 4.10. The monoisotopic (exact) mass is 393 g/mol. The smallest absolute Gasteiger partial charge is 0.295 e. The second-order valence-electron chi connectivity index (χ2n) is 7.25. The van der Waals surface area contributed by atoms with Gasteiger partial charge >= 0.3 is 0 Å². The van der Waals surface area contributed by atoms with Crippen LogP contribution < -0.4 is 0 Å². The van der Waals surface area contributed by atoms with E-state index in [2.05, 4.69) is 6.92 Å². The van der Waals surface area contributed by atoms with Crippen LogP contribution in [0.2, 0.25) is 0 Å². The van der Waals surface area contributed by atoms with Crippen LogP contribution in [0.25, 0.3) is 5.76 Å². The van der Waals surface area contributed by atoms with Crippen molar-refractivity contribution in [2.45, 2.75) is 32.7 Å². The van der Waals surface area contributed by atoms with Crippen LogP contribution in [0.5, 0.6) is 0 Å². The van der Waals surface area contributed by atoms with Crippen LogP contribution in [0.3, 0.4) is 0 Å². The van der Waals surface area contributed by atoms with E-state index in [4.69, 9.17) is 4.74 Å². The summed E-state index contributed by atoms with van der Waals surface area (Å²) in [7, 11) is 1.60. The molecular weight excluding hydrogens is 366 g/mol. The van der Waals surface area contributed by atoms with E-state index in [9.17, 15) is 14.7 Å². The van der Waals surface area contributed by atoms with Gasteiger partial charge < -0.3 is 14.7 Å². The highest BCUT2D eigenvalue weighted by Gasteiger charge is 2.46. The van der Waals surface area contributed by atoms with E-state index in [1.54, 1.807) is 24.1 Å². The van der Waals surface area contributed by atoms with Gasteiger partial charge in [0.2, 0.25) is 0 Å². The molecule has 1 aliphatic rings. The van der Waals surface area contributed by atoms with E-state index in [0.717, 1.165) is 23.1 Å². The normalized spacial score (nSPS) is 18.4. The van der Waals surface area contributed by atoms with Crippen molar-refractivity contribution in [1.29, 1.82) is 0 Å². The van der Waals surface area contributed by atoms with Crippen molar-refractivity contribution in [3.8, 4) is 0 Å². The molecule has 0 spiro atoms. The molecule has 1 atom stereocenters. The number of aliphatic hydroxyl groups excluding tert-OH is 1. The van der Waals surface area contributed by atoms with Gasteiger partial charge in [0.1, 0.15) is 5.76 Å². The van der Waals surface area contributed by atoms with Crippen molar-refractivity contribution in [3.05, 3.63) is 76.4 Å². The molecule has 3 rings (SSSR count). The van der Waals surface area contributed by atoms with Crippen LogP contribution in [0, 0.1) is 6.92 Å². The molecule has 1 unspecified atom stereocenters. The zero-order chi connectivity index (χ0) is 21.0. The van der Waals surface area contributed by atoms with Crippen LogP contribution in [0.4, 0.5) is 0 Å². The maximum absolute atomic E-state index is 12.9. The maximum Gasteiger partial charge on any atom is 0.295 e. The molecule has 0 aromatic heterocycles. The molecule has 1 saturated heterocycles. The Morgan fingerprint density at radius 1 is 1.10 bits per heavy atom. The van der Waals surface area contributed by atoms with E-state index in [-0.39, 0.29) is 11.3 Å². The minimum atomic E-state index is -0.646. The molecule has 1 N–H and O–H groups in total. The fraction of sp³-hybridized carbons (Fsp3) is 0.333. The van der Waals surface area contributed by atoms with E-state index in [1.165, 1.54) is 0 Å². The molecule has 0 radical (unpaired) electrons. The minimum Gasteiger partial charge on any atom is -0.507 e. The molecule has 2 aromatic rings. The highest BCUT2D eigenvalue weighted by molar-refractivity contribution is 6.46. The Hall–Kier alpha value is -2.92. The average molecular weight is 393 g/mol. The van der Waals surface area contributed by atoms with Gasteiger partial charge in [-0.3, -0.25) is 9.59 Å². The molecule has 1 aliphatic heterocycles. The van der Waals surface area contributed by atoms with E-state index < -0.39 is 17.7 Å². The summed E-state index contributed by atoms with van der Waals surface area (Å²) >= 11 is 0. The van der Waals surface area contributed by atoms with Crippen molar-refractivity contribution >= 4 is 17.4 Å². The first-order chi connectivity index (χ1) is 14.0. The fourth-order valence-corrected chi connectivity index (χ4v) is 3.76. The van der Waals surface area contributed by atoms with Gasteiger partial charge in [0.25, 0.3) is 11.7 Å². The number of methoxy groups -OCH3 is 1. The van der Waals surface area contributed by atoms with Gasteiger partial charge in [-0.2, -0.15) is 0 Å². The summed E-state index contributed by atoms with van der Waals surface area (Å²) in [5.74, 6) is -1.36. The topological polar surface area (TPSA) is 66.8 Å². The third-order valence-electron chi connectivity index (χ3n) is 5.41. The van der Waals surface area contributed by atoms with Crippen molar-refractivity contribution in [3.63, 3.8) is 0 Å². The number of ketones is 1. The van der Waals surface area contributed by atoms with Crippen molar-refractivity contribution in [2.75, 3.05) is 20.3 Å². The van der Waals surface area contributed by atoms with Gasteiger partial charge in [0, 0.05) is 25.8 Å². The molecule has 0 aliphatic carbocycles. The maximum atomic E-state index is 12.9. The van der Waals surface area contributed by atoms with E-state index in [1.807, 2.05) is 43.3 Å². The quantitative estimate of drug-likeness (QED) is 0.334. The van der Waals surface area contributed by atoms with Crippen LogP contribution in [0.15, 0.2) is 54.1 Å². The summed E-state index contributed by atoms with van der Waals surface area (Å²) in [5, 5.41) is 11.0. The molecule has 1 heterocycles. The standard InChI is InChI=1S/C24H27NO4/c1-4-17-10-12-18(13-11-17)22(26)20-21(19-9-6-5-8-16(19)2)25(14-7-15-29-3)24(28)23(20)27/h5-6,8-13,21,26H,4,7,14-15H2,1-3H3/b22-20-. The predicted octanol–water partition coefficient (Wildman–Crippen LogP) is 4.02. The lowest BCUT2D eigenvalue weighted by molar-refractivity contribution is -0.140. The minimum absolute atomic E-state index is 0.131. The molecule has 152 valence electrons. The van der Waals surface area contributed by atoms with E-state index >= 15 is 0 Å². The number of rotatable bonds is 7. The molecule has 0 saturated carbocycles. The number of ether oxygens (including phenoxy) is 1. The number of aliphatic hydroxyl groups is 1. The summed E-state index contributed by atoms with van der Waals surface area (Å²) in [6.07, 6.45) is 1.49. The Kier molecular flexibility index (Phi) is 6.49. The molecule has 1 fully saturated rings. The number of likely N-dealkylation sites (tertiary alicyclic amines) is 1. The molecule has 5 nitrogen and oxygen atoms in total. The average Bonchev–Trinajstić information content (AvgIpc) is 2.98. The van der Waals surface area contributed by atoms with Crippen LogP contribution in [-0.4, -0.2) is 42.0 Å². The second kappa shape index (κ2) is 9.05. The lowest BCUT2D eigenvalue weighted by Crippen LogP contribution is -2.31. The van der Waals surface area contributed by atoms with Crippen molar-refractivity contribution < 1.29 is 19.4 Å². The number of benzene rings is 2. The van der Waals surface area contributed by atoms with Gasteiger partial charge in [-0.05, 0) is 36.5 Å². The Morgan fingerprint density at radius 3 is 2.41 bits per heavy atom. The first-order valence-electron chi connectivity index (χ1n) is 9.91. The first-order valence-corrected chi connectivity index (χ1v) is 9.91. The summed E-state index contributed by atoms with van der Waals surface area (Å²) in [6, 6.07) is 14.5. The summed E-state index contributed by atoms with van der Waals surface area (Å²) in [6.45, 7) is 4.87. The Labute approximate surface area is 171 Å². The predicted molar refractivity (Wildman–Crippen MR) is 113 cm³/mol. The number of carbonyl (C=O) groups excluding carboxylic acids is 2. The van der Waals surface area contributed by atoms with Gasteiger partial charge in [-0.15, -0.1) is 0 Å². The number of nitrogens with zero attached hydrogens (tertiary/aromatic N) is 1. The molecular formula is C24H27NO4. The SMILES string of the molecule is CCc1ccc(/C(O)=C2/C(=O)C(=O)N(CCCOC)C2c2ccccc2C)cc1. The summed E-state index contributed by atoms with van der Waals surface area (Å²) < 4.78 is 5.11. The zero-order valence-electron chi connectivity index (χ0n) is 17.1. The van der Waals surface area contributed by atoms with Crippen LogP contribution >= 0.6 is 0 Å². The third-order valence-corrected chi connectivity index (χ3v) is 5.41. The van der Waals surface area contributed by atoms with Gasteiger partial charge in [-0.25, -0.2) is 0 Å². The molecule has 2 aromatic carbocycles. The van der Waals surface area contributed by atoms with E-state index in [0.29, 0.717) is 25.1 Å². The number of aryl methyl sites for hydroxylation is 2. The van der Waals surface area contributed by atoms with Crippen LogP contribution in [-0.2, 0) is 20.7 Å². The number of hydrogen-bond acceptors (Lipinski definition) is 4. The summed E-state index contributed by atoms with van der Waals surface area (Å²) in [4.78, 5) is 27.3. The number of carbonyl (C=O) groups is 2. The second-order valence-corrected chi connectivity index (χ2v) is 7.25. The summed E-state index contributed by atoms with van der Waals surface area (Å²) in [5.41, 5.74) is 3.62. The van der Waals surface area contributed by atoms with Gasteiger partial charge in [0.15, 0.2) is 0 Å². The molecule has 29 heavy (non-hydrogen) atoms. The van der Waals surface area contributed by atoms with Gasteiger partial charge in [-0.1, -0.05) is 55.5 Å². The van der Waals surface area contributed by atoms with Crippen molar-refractivity contribution in [2.24, 2.45) is 0 Å². The fourth-order valence-electron chi connectivity index (χ4n) is 3.76. The first kappa shape index (κ1) is 20.8. The highest BCUT2D eigenvalue weighted by Crippen LogP contribution is 2.40. The molecule has 1 amide bonds.